The van der Waals surface area contributed by atoms with E-state index in [9.17, 15) is 14.4 Å². The summed E-state index contributed by atoms with van der Waals surface area (Å²) in [5.74, 6) is -0.389. The molecule has 5 rings (SSSR count). The second kappa shape index (κ2) is 12.2. The minimum atomic E-state index is -0.663. The van der Waals surface area contributed by atoms with Gasteiger partial charge in [-0.25, -0.2) is 9.78 Å². The van der Waals surface area contributed by atoms with Crippen LogP contribution in [0.25, 0.3) is 0 Å². The van der Waals surface area contributed by atoms with Gasteiger partial charge in [0.15, 0.2) is 5.13 Å². The van der Waals surface area contributed by atoms with Crippen LogP contribution in [-0.4, -0.2) is 59.5 Å². The van der Waals surface area contributed by atoms with Crippen LogP contribution in [0.15, 0.2) is 66.2 Å². The predicted octanol–water partition coefficient (Wildman–Crippen LogP) is 4.09. The molecule has 0 bridgehead atoms. The number of nitrogens with one attached hydrogen (secondary N) is 2. The standard InChI is InChI=1S/C28H31N5O4S/c34-25(31-22-8-4-14-29-18-22)21-10-12-23(13-11-21)33(27-30-15-17-38-27)26(35)24-9-5-16-32(24)28(36)37-19-20-6-2-1-3-7-20/h1-3,6-7,10-13,15,17,22,24,29H,4-5,8-9,14,16,18-19H2,(H,31,34). The summed E-state index contributed by atoms with van der Waals surface area (Å²) in [5.41, 5.74) is 2.00. The summed E-state index contributed by atoms with van der Waals surface area (Å²) in [6.45, 7) is 2.34. The van der Waals surface area contributed by atoms with E-state index in [1.165, 1.54) is 21.1 Å². The van der Waals surface area contributed by atoms with E-state index >= 15 is 0 Å². The maximum Gasteiger partial charge on any atom is 0.410 e. The van der Waals surface area contributed by atoms with Crippen molar-refractivity contribution in [2.45, 2.75) is 44.4 Å². The molecule has 9 nitrogen and oxygen atoms in total. The molecule has 38 heavy (non-hydrogen) atoms. The molecule has 0 spiro atoms. The van der Waals surface area contributed by atoms with Crippen LogP contribution >= 0.6 is 11.3 Å². The number of benzene rings is 2. The number of carbonyl (C=O) groups is 3. The average Bonchev–Trinajstić information content (AvgIpc) is 3.66. The molecule has 2 fully saturated rings. The number of amides is 3. The van der Waals surface area contributed by atoms with E-state index in [1.54, 1.807) is 35.8 Å². The SMILES string of the molecule is O=C(NC1CCCNC1)c1ccc(N(C(=O)C2CCCN2C(=O)OCc2ccccc2)c2nccs2)cc1. The van der Waals surface area contributed by atoms with Crippen molar-refractivity contribution in [3.8, 4) is 0 Å². The zero-order valence-electron chi connectivity index (χ0n) is 21.0. The van der Waals surface area contributed by atoms with Crippen LogP contribution in [0.5, 0.6) is 0 Å². The molecule has 198 valence electrons. The molecule has 2 aliphatic rings. The lowest BCUT2D eigenvalue weighted by molar-refractivity contribution is -0.121. The number of aromatic nitrogens is 1. The molecule has 0 aliphatic carbocycles. The van der Waals surface area contributed by atoms with Crippen molar-refractivity contribution in [3.63, 3.8) is 0 Å². The first kappa shape index (κ1) is 25.9. The Bertz CT molecular complexity index is 1230. The van der Waals surface area contributed by atoms with E-state index in [4.69, 9.17) is 4.74 Å². The summed E-state index contributed by atoms with van der Waals surface area (Å²) >= 11 is 1.34. The van der Waals surface area contributed by atoms with Crippen molar-refractivity contribution in [3.05, 3.63) is 77.3 Å². The van der Waals surface area contributed by atoms with Crippen molar-refractivity contribution >= 4 is 40.1 Å². The second-order valence-electron chi connectivity index (χ2n) is 9.44. The average molecular weight is 534 g/mol. The van der Waals surface area contributed by atoms with Crippen LogP contribution < -0.4 is 15.5 Å². The first-order valence-corrected chi connectivity index (χ1v) is 13.8. The van der Waals surface area contributed by atoms with Crippen LogP contribution in [0.4, 0.5) is 15.6 Å². The van der Waals surface area contributed by atoms with Gasteiger partial charge in [0.25, 0.3) is 11.8 Å². The van der Waals surface area contributed by atoms with Gasteiger partial charge in [0, 0.05) is 36.3 Å². The van der Waals surface area contributed by atoms with Crippen molar-refractivity contribution in [2.75, 3.05) is 24.5 Å². The molecule has 3 aromatic rings. The number of hydrogen-bond donors (Lipinski definition) is 2. The molecule has 3 amide bonds. The third kappa shape index (κ3) is 6.03. The largest absolute Gasteiger partial charge is 0.445 e. The minimum absolute atomic E-state index is 0.110. The number of carbonyl (C=O) groups excluding carboxylic acids is 3. The molecule has 2 atom stereocenters. The molecule has 10 heteroatoms. The zero-order chi connectivity index (χ0) is 26.3. The summed E-state index contributed by atoms with van der Waals surface area (Å²) in [4.78, 5) is 47.0. The van der Waals surface area contributed by atoms with Gasteiger partial charge in [0.05, 0.1) is 5.69 Å². The third-order valence-corrected chi connectivity index (χ3v) is 7.58. The van der Waals surface area contributed by atoms with Gasteiger partial charge in [-0.2, -0.15) is 0 Å². The van der Waals surface area contributed by atoms with Gasteiger partial charge >= 0.3 is 6.09 Å². The highest BCUT2D eigenvalue weighted by atomic mass is 32.1. The first-order valence-electron chi connectivity index (χ1n) is 12.9. The second-order valence-corrected chi connectivity index (χ2v) is 10.3. The fraction of sp³-hybridized carbons (Fsp3) is 0.357. The van der Waals surface area contributed by atoms with Gasteiger partial charge in [-0.05, 0) is 62.1 Å². The summed E-state index contributed by atoms with van der Waals surface area (Å²) in [6.07, 6.45) is 4.37. The molecule has 2 N–H and O–H groups in total. The molecule has 1 aromatic heterocycles. The van der Waals surface area contributed by atoms with Crippen molar-refractivity contribution in [1.82, 2.24) is 20.5 Å². The van der Waals surface area contributed by atoms with Crippen molar-refractivity contribution < 1.29 is 19.1 Å². The van der Waals surface area contributed by atoms with E-state index in [-0.39, 0.29) is 24.5 Å². The molecule has 0 radical (unpaired) electrons. The topological polar surface area (TPSA) is 104 Å². The molecule has 3 heterocycles. The van der Waals surface area contributed by atoms with Gasteiger partial charge in [-0.1, -0.05) is 30.3 Å². The number of nitrogens with zero attached hydrogens (tertiary/aromatic N) is 3. The Morgan fingerprint density at radius 1 is 1.08 bits per heavy atom. The Morgan fingerprint density at radius 2 is 1.89 bits per heavy atom. The zero-order valence-corrected chi connectivity index (χ0v) is 21.9. The molecule has 2 aliphatic heterocycles. The number of piperidine rings is 1. The smallest absolute Gasteiger partial charge is 0.410 e. The van der Waals surface area contributed by atoms with Crippen LogP contribution in [0.1, 0.15) is 41.6 Å². The highest BCUT2D eigenvalue weighted by molar-refractivity contribution is 7.13. The highest BCUT2D eigenvalue weighted by Crippen LogP contribution is 2.31. The number of ether oxygens (including phenoxy) is 1. The summed E-state index contributed by atoms with van der Waals surface area (Å²) in [7, 11) is 0. The van der Waals surface area contributed by atoms with Gasteiger partial charge in [-0.15, -0.1) is 11.3 Å². The van der Waals surface area contributed by atoms with E-state index in [0.717, 1.165) is 31.5 Å². The van der Waals surface area contributed by atoms with Gasteiger partial charge in [0.2, 0.25) is 0 Å². The fourth-order valence-electron chi connectivity index (χ4n) is 4.86. The molecular weight excluding hydrogens is 502 g/mol. The van der Waals surface area contributed by atoms with Crippen LogP contribution in [0.3, 0.4) is 0 Å². The first-order chi connectivity index (χ1) is 18.6. The van der Waals surface area contributed by atoms with Crippen molar-refractivity contribution in [2.24, 2.45) is 0 Å². The minimum Gasteiger partial charge on any atom is -0.445 e. The molecule has 2 saturated heterocycles. The number of anilines is 2. The normalized spacial score (nSPS) is 19.1. The Balaban J connectivity index is 1.30. The fourth-order valence-corrected chi connectivity index (χ4v) is 5.52. The number of thiazole rings is 1. The maximum atomic E-state index is 13.9. The lowest BCUT2D eigenvalue weighted by Gasteiger charge is -2.28. The summed E-state index contributed by atoms with van der Waals surface area (Å²) < 4.78 is 5.53. The third-order valence-electron chi connectivity index (χ3n) is 6.83. The maximum absolute atomic E-state index is 13.9. The molecule has 2 aromatic carbocycles. The molecular formula is C28H31N5O4S. The number of rotatable bonds is 7. The van der Waals surface area contributed by atoms with E-state index in [0.29, 0.717) is 35.8 Å². The summed E-state index contributed by atoms with van der Waals surface area (Å²) in [6, 6.07) is 15.8. The van der Waals surface area contributed by atoms with Crippen molar-refractivity contribution in [1.29, 1.82) is 0 Å². The highest BCUT2D eigenvalue weighted by Gasteiger charge is 2.39. The monoisotopic (exact) mass is 533 g/mol. The Labute approximate surface area is 225 Å². The molecule has 2 unspecified atom stereocenters. The van der Waals surface area contributed by atoms with Gasteiger partial charge in [-0.3, -0.25) is 19.4 Å². The molecule has 0 saturated carbocycles. The Hall–Kier alpha value is -3.76. The van der Waals surface area contributed by atoms with Gasteiger partial charge in [0.1, 0.15) is 12.6 Å². The van der Waals surface area contributed by atoms with E-state index in [1.807, 2.05) is 30.3 Å². The Kier molecular flexibility index (Phi) is 8.30. The van der Waals surface area contributed by atoms with Crippen LogP contribution in [0, 0.1) is 0 Å². The Morgan fingerprint density at radius 3 is 2.61 bits per heavy atom. The lowest BCUT2D eigenvalue weighted by Crippen LogP contribution is -2.46. The summed E-state index contributed by atoms with van der Waals surface area (Å²) in [5, 5.41) is 8.67. The van der Waals surface area contributed by atoms with Crippen LogP contribution in [-0.2, 0) is 16.1 Å². The number of likely N-dealkylation sites (tertiary alicyclic amines) is 1. The lowest BCUT2D eigenvalue weighted by atomic mass is 10.1. The quantitative estimate of drug-likeness (QED) is 0.474. The predicted molar refractivity (Wildman–Crippen MR) is 145 cm³/mol. The van der Waals surface area contributed by atoms with E-state index in [2.05, 4.69) is 15.6 Å². The number of hydrogen-bond acceptors (Lipinski definition) is 7. The van der Waals surface area contributed by atoms with E-state index < -0.39 is 12.1 Å². The van der Waals surface area contributed by atoms with Gasteiger partial charge < -0.3 is 15.4 Å². The van der Waals surface area contributed by atoms with Crippen LogP contribution in [0.2, 0.25) is 0 Å².